The molecule has 1 atom stereocenters. The van der Waals surface area contributed by atoms with Crippen molar-refractivity contribution in [1.29, 1.82) is 0 Å². The Morgan fingerprint density at radius 3 is 2.74 bits per heavy atom. The summed E-state index contributed by atoms with van der Waals surface area (Å²) < 4.78 is 1.65. The number of urea groups is 1. The minimum atomic E-state index is -1.01. The lowest BCUT2D eigenvalue weighted by Gasteiger charge is -2.20. The Balaban J connectivity index is 2.54. The summed E-state index contributed by atoms with van der Waals surface area (Å²) >= 11 is 0. The van der Waals surface area contributed by atoms with E-state index in [1.54, 1.807) is 25.0 Å². The quantitative estimate of drug-likeness (QED) is 0.799. The number of aryl methyl sites for hydroxylation is 1. The van der Waals surface area contributed by atoms with Gasteiger partial charge in [0.1, 0.15) is 6.04 Å². The Hall–Kier alpha value is -2.05. The molecule has 7 nitrogen and oxygen atoms in total. The number of carboxylic acid groups (broad SMARTS) is 1. The minimum Gasteiger partial charge on any atom is -0.480 e. The summed E-state index contributed by atoms with van der Waals surface area (Å²) in [4.78, 5) is 24.3. The second kappa shape index (κ2) is 6.77. The highest BCUT2D eigenvalue weighted by Crippen LogP contribution is 2.03. The van der Waals surface area contributed by atoms with Crippen LogP contribution in [0, 0.1) is 0 Å². The first-order chi connectivity index (χ1) is 8.93. The van der Waals surface area contributed by atoms with Crippen LogP contribution in [0.3, 0.4) is 0 Å². The third kappa shape index (κ3) is 4.61. The summed E-state index contributed by atoms with van der Waals surface area (Å²) in [5, 5.41) is 15.5. The minimum absolute atomic E-state index is 0.387. The lowest BCUT2D eigenvalue weighted by Crippen LogP contribution is -2.46. The Morgan fingerprint density at radius 1 is 1.58 bits per heavy atom. The number of carboxylic acids is 1. The molecule has 0 aliphatic rings. The molecule has 0 unspecified atom stereocenters. The summed E-state index contributed by atoms with van der Waals surface area (Å²) in [5.74, 6) is -1.01. The lowest BCUT2D eigenvalue weighted by atomic mass is 10.2. The van der Waals surface area contributed by atoms with Crippen molar-refractivity contribution in [3.63, 3.8) is 0 Å². The number of nitrogens with zero attached hydrogens (tertiary/aromatic N) is 3. The topological polar surface area (TPSA) is 87.5 Å². The van der Waals surface area contributed by atoms with Crippen molar-refractivity contribution < 1.29 is 14.7 Å². The highest BCUT2D eigenvalue weighted by atomic mass is 16.4. The zero-order chi connectivity index (χ0) is 14.4. The fraction of sp³-hybridized carbons (Fsp3) is 0.583. The van der Waals surface area contributed by atoms with E-state index >= 15 is 0 Å². The maximum absolute atomic E-state index is 11.9. The van der Waals surface area contributed by atoms with Crippen molar-refractivity contribution in [3.8, 4) is 0 Å². The van der Waals surface area contributed by atoms with Crippen LogP contribution in [-0.4, -0.2) is 44.9 Å². The van der Waals surface area contributed by atoms with Gasteiger partial charge in [-0.05, 0) is 6.42 Å². The largest absolute Gasteiger partial charge is 0.480 e. The molecule has 1 rings (SSSR count). The lowest BCUT2D eigenvalue weighted by molar-refractivity contribution is -0.139. The van der Waals surface area contributed by atoms with Crippen LogP contribution < -0.4 is 5.32 Å². The van der Waals surface area contributed by atoms with Crippen LogP contribution in [0.15, 0.2) is 12.4 Å². The SMILES string of the molecule is CCC[C@H](NC(=O)N(C)Cc1cnn(C)c1)C(=O)O. The first-order valence-corrected chi connectivity index (χ1v) is 6.16. The molecular weight excluding hydrogens is 248 g/mol. The highest BCUT2D eigenvalue weighted by Gasteiger charge is 2.20. The van der Waals surface area contributed by atoms with E-state index in [0.717, 1.165) is 5.56 Å². The average Bonchev–Trinajstić information content (AvgIpc) is 2.73. The molecule has 0 aromatic carbocycles. The van der Waals surface area contributed by atoms with E-state index in [9.17, 15) is 9.59 Å². The van der Waals surface area contributed by atoms with Crippen molar-refractivity contribution in [1.82, 2.24) is 20.0 Å². The molecule has 19 heavy (non-hydrogen) atoms. The zero-order valence-corrected chi connectivity index (χ0v) is 11.5. The molecule has 2 amide bonds. The van der Waals surface area contributed by atoms with E-state index in [2.05, 4.69) is 10.4 Å². The number of aromatic nitrogens is 2. The summed E-state index contributed by atoms with van der Waals surface area (Å²) in [6, 6.07) is -1.24. The van der Waals surface area contributed by atoms with Gasteiger partial charge in [-0.1, -0.05) is 13.3 Å². The van der Waals surface area contributed by atoms with Crippen LogP contribution in [0.5, 0.6) is 0 Å². The Morgan fingerprint density at radius 2 is 2.26 bits per heavy atom. The molecule has 7 heteroatoms. The molecule has 2 N–H and O–H groups in total. The molecule has 0 bridgehead atoms. The van der Waals surface area contributed by atoms with E-state index in [4.69, 9.17) is 5.11 Å². The van der Waals surface area contributed by atoms with Crippen LogP contribution in [0.1, 0.15) is 25.3 Å². The summed E-state index contributed by atoms with van der Waals surface area (Å²) in [6.07, 6.45) is 4.60. The van der Waals surface area contributed by atoms with Crippen molar-refractivity contribution >= 4 is 12.0 Å². The maximum atomic E-state index is 11.9. The number of hydrogen-bond acceptors (Lipinski definition) is 3. The molecule has 0 saturated carbocycles. The molecule has 0 aliphatic carbocycles. The van der Waals surface area contributed by atoms with Gasteiger partial charge in [0.25, 0.3) is 0 Å². The van der Waals surface area contributed by atoms with Gasteiger partial charge in [0, 0.05) is 25.9 Å². The van der Waals surface area contributed by atoms with Crippen LogP contribution in [-0.2, 0) is 18.4 Å². The Bertz CT molecular complexity index is 444. The van der Waals surface area contributed by atoms with Crippen LogP contribution in [0.25, 0.3) is 0 Å². The van der Waals surface area contributed by atoms with E-state index in [-0.39, 0.29) is 0 Å². The first kappa shape index (κ1) is 15.0. The molecule has 0 spiro atoms. The highest BCUT2D eigenvalue weighted by molar-refractivity contribution is 5.82. The van der Waals surface area contributed by atoms with Gasteiger partial charge in [-0.15, -0.1) is 0 Å². The van der Waals surface area contributed by atoms with Gasteiger partial charge in [0.15, 0.2) is 0 Å². The number of carbonyl (C=O) groups is 2. The molecule has 0 saturated heterocycles. The van der Waals surface area contributed by atoms with Crippen molar-refractivity contribution in [2.75, 3.05) is 7.05 Å². The molecular formula is C12H20N4O3. The van der Waals surface area contributed by atoms with Crippen LogP contribution >= 0.6 is 0 Å². The number of hydrogen-bond donors (Lipinski definition) is 2. The van der Waals surface area contributed by atoms with Crippen molar-refractivity contribution in [2.45, 2.75) is 32.4 Å². The molecule has 0 aliphatic heterocycles. The third-order valence-electron chi connectivity index (χ3n) is 2.70. The second-order valence-electron chi connectivity index (χ2n) is 4.51. The summed E-state index contributed by atoms with van der Waals surface area (Å²) in [6.45, 7) is 2.26. The molecule has 0 radical (unpaired) electrons. The van der Waals surface area contributed by atoms with Gasteiger partial charge in [-0.25, -0.2) is 9.59 Å². The zero-order valence-electron chi connectivity index (χ0n) is 11.5. The van der Waals surface area contributed by atoms with Gasteiger partial charge in [0.2, 0.25) is 0 Å². The fourth-order valence-corrected chi connectivity index (χ4v) is 1.70. The van der Waals surface area contributed by atoms with Gasteiger partial charge >= 0.3 is 12.0 Å². The molecule has 106 valence electrons. The second-order valence-corrected chi connectivity index (χ2v) is 4.51. The third-order valence-corrected chi connectivity index (χ3v) is 2.70. The monoisotopic (exact) mass is 268 g/mol. The number of aliphatic carboxylic acids is 1. The first-order valence-electron chi connectivity index (χ1n) is 6.16. The van der Waals surface area contributed by atoms with Gasteiger partial charge in [-0.2, -0.15) is 5.10 Å². The number of amides is 2. The standard InChI is InChI=1S/C12H20N4O3/c1-4-5-10(11(17)18)14-12(19)15(2)7-9-6-13-16(3)8-9/h6,8,10H,4-5,7H2,1-3H3,(H,14,19)(H,17,18)/t10-/m0/s1. The predicted molar refractivity (Wildman–Crippen MR) is 69.5 cm³/mol. The molecule has 1 heterocycles. The van der Waals surface area contributed by atoms with E-state index in [1.165, 1.54) is 4.90 Å². The van der Waals surface area contributed by atoms with E-state index in [0.29, 0.717) is 19.4 Å². The van der Waals surface area contributed by atoms with Gasteiger partial charge in [0.05, 0.1) is 12.7 Å². The maximum Gasteiger partial charge on any atom is 0.326 e. The smallest absolute Gasteiger partial charge is 0.326 e. The predicted octanol–water partition coefficient (Wildman–Crippen LogP) is 0.815. The average molecular weight is 268 g/mol. The van der Waals surface area contributed by atoms with E-state index < -0.39 is 18.0 Å². The number of carbonyl (C=O) groups excluding carboxylic acids is 1. The number of nitrogens with one attached hydrogen (secondary N) is 1. The fourth-order valence-electron chi connectivity index (χ4n) is 1.70. The Kier molecular flexibility index (Phi) is 5.35. The van der Waals surface area contributed by atoms with Crippen LogP contribution in [0.4, 0.5) is 4.79 Å². The molecule has 1 aromatic heterocycles. The number of rotatable bonds is 6. The van der Waals surface area contributed by atoms with Crippen LogP contribution in [0.2, 0.25) is 0 Å². The van der Waals surface area contributed by atoms with Gasteiger partial charge in [-0.3, -0.25) is 4.68 Å². The molecule has 1 aromatic rings. The summed E-state index contributed by atoms with van der Waals surface area (Å²) in [7, 11) is 3.42. The van der Waals surface area contributed by atoms with Crippen molar-refractivity contribution in [2.24, 2.45) is 7.05 Å². The summed E-state index contributed by atoms with van der Waals surface area (Å²) in [5.41, 5.74) is 0.891. The van der Waals surface area contributed by atoms with E-state index in [1.807, 2.05) is 13.1 Å². The van der Waals surface area contributed by atoms with Gasteiger partial charge < -0.3 is 15.3 Å². The Labute approximate surface area is 112 Å². The van der Waals surface area contributed by atoms with Crippen molar-refractivity contribution in [3.05, 3.63) is 18.0 Å². The normalized spacial score (nSPS) is 11.9. The molecule has 0 fully saturated rings.